The van der Waals surface area contributed by atoms with E-state index in [0.29, 0.717) is 0 Å². The van der Waals surface area contributed by atoms with Crippen LogP contribution in [0.5, 0.6) is 0 Å². The standard InChI is InChI=1S/C12H17N5/c1-3-13-12-8-10(4-6-14-12)15-9-11-5-7-16-17(11)2/h4-8H,3,9H2,1-2H3,(H2,13,14,15). The van der Waals surface area contributed by atoms with E-state index in [-0.39, 0.29) is 0 Å². The molecule has 0 amide bonds. The predicted octanol–water partition coefficient (Wildman–Crippen LogP) is 1.86. The van der Waals surface area contributed by atoms with Gasteiger partial charge in [0.1, 0.15) is 5.82 Å². The third-order valence-electron chi connectivity index (χ3n) is 2.51. The van der Waals surface area contributed by atoms with Crippen molar-refractivity contribution in [3.63, 3.8) is 0 Å². The lowest BCUT2D eigenvalue weighted by atomic mass is 10.3. The number of aromatic nitrogens is 3. The fraction of sp³-hybridized carbons (Fsp3) is 0.333. The van der Waals surface area contributed by atoms with Crippen LogP contribution in [0, 0.1) is 0 Å². The molecule has 0 aliphatic rings. The van der Waals surface area contributed by atoms with Crippen LogP contribution in [0.2, 0.25) is 0 Å². The maximum atomic E-state index is 4.22. The molecule has 2 heterocycles. The molecule has 2 aromatic heterocycles. The Kier molecular flexibility index (Phi) is 3.59. The van der Waals surface area contributed by atoms with Gasteiger partial charge in [0.25, 0.3) is 0 Å². The van der Waals surface area contributed by atoms with Gasteiger partial charge in [-0.25, -0.2) is 4.98 Å². The van der Waals surface area contributed by atoms with Crippen LogP contribution in [0.1, 0.15) is 12.6 Å². The van der Waals surface area contributed by atoms with Gasteiger partial charge in [-0.15, -0.1) is 0 Å². The number of nitrogens with zero attached hydrogens (tertiary/aromatic N) is 3. The fourth-order valence-corrected chi connectivity index (χ4v) is 1.59. The Bertz CT molecular complexity index is 477. The average molecular weight is 231 g/mol. The molecule has 0 aliphatic heterocycles. The topological polar surface area (TPSA) is 54.8 Å². The van der Waals surface area contributed by atoms with Gasteiger partial charge in [-0.05, 0) is 19.1 Å². The lowest BCUT2D eigenvalue weighted by molar-refractivity contribution is 0.720. The van der Waals surface area contributed by atoms with Crippen LogP contribution in [0.3, 0.4) is 0 Å². The van der Waals surface area contributed by atoms with Crippen molar-refractivity contribution in [2.45, 2.75) is 13.5 Å². The summed E-state index contributed by atoms with van der Waals surface area (Å²) in [4.78, 5) is 4.22. The highest BCUT2D eigenvalue weighted by Gasteiger charge is 1.99. The second-order valence-corrected chi connectivity index (χ2v) is 3.76. The molecule has 0 saturated carbocycles. The summed E-state index contributed by atoms with van der Waals surface area (Å²) in [5.74, 6) is 0.891. The second kappa shape index (κ2) is 5.34. The fourth-order valence-electron chi connectivity index (χ4n) is 1.59. The highest BCUT2D eigenvalue weighted by atomic mass is 15.3. The zero-order valence-electron chi connectivity index (χ0n) is 10.1. The molecule has 90 valence electrons. The second-order valence-electron chi connectivity index (χ2n) is 3.76. The Morgan fingerprint density at radius 3 is 2.82 bits per heavy atom. The number of hydrogen-bond donors (Lipinski definition) is 2. The molecule has 17 heavy (non-hydrogen) atoms. The molecule has 2 rings (SSSR count). The van der Waals surface area contributed by atoms with E-state index in [1.165, 1.54) is 0 Å². The van der Waals surface area contributed by atoms with Crippen molar-refractivity contribution in [2.24, 2.45) is 7.05 Å². The summed E-state index contributed by atoms with van der Waals surface area (Å²) in [6.07, 6.45) is 3.59. The molecule has 2 N–H and O–H groups in total. The van der Waals surface area contributed by atoms with Gasteiger partial charge in [0.2, 0.25) is 0 Å². The number of aryl methyl sites for hydroxylation is 1. The van der Waals surface area contributed by atoms with E-state index < -0.39 is 0 Å². The zero-order valence-corrected chi connectivity index (χ0v) is 10.1. The van der Waals surface area contributed by atoms with Gasteiger partial charge in [0, 0.05) is 37.7 Å². The quantitative estimate of drug-likeness (QED) is 0.824. The maximum absolute atomic E-state index is 4.22. The highest BCUT2D eigenvalue weighted by Crippen LogP contribution is 2.12. The third-order valence-corrected chi connectivity index (χ3v) is 2.51. The van der Waals surface area contributed by atoms with E-state index in [4.69, 9.17) is 0 Å². The Morgan fingerprint density at radius 2 is 2.12 bits per heavy atom. The summed E-state index contributed by atoms with van der Waals surface area (Å²) < 4.78 is 1.86. The van der Waals surface area contributed by atoms with Crippen molar-refractivity contribution >= 4 is 11.5 Å². The lowest BCUT2D eigenvalue weighted by Crippen LogP contribution is -2.06. The van der Waals surface area contributed by atoms with Gasteiger partial charge < -0.3 is 10.6 Å². The number of anilines is 2. The largest absolute Gasteiger partial charge is 0.379 e. The van der Waals surface area contributed by atoms with Gasteiger partial charge >= 0.3 is 0 Å². The first-order chi connectivity index (χ1) is 8.29. The Hall–Kier alpha value is -2.04. The molecular formula is C12H17N5. The van der Waals surface area contributed by atoms with Crippen molar-refractivity contribution in [2.75, 3.05) is 17.2 Å². The van der Waals surface area contributed by atoms with Crippen molar-refractivity contribution in [3.8, 4) is 0 Å². The Balaban J connectivity index is 1.99. The zero-order chi connectivity index (χ0) is 12.1. The summed E-state index contributed by atoms with van der Waals surface area (Å²) in [6.45, 7) is 3.68. The van der Waals surface area contributed by atoms with E-state index in [1.807, 2.05) is 29.9 Å². The predicted molar refractivity (Wildman–Crippen MR) is 68.9 cm³/mol. The molecule has 0 fully saturated rings. The van der Waals surface area contributed by atoms with Crippen molar-refractivity contribution in [1.29, 1.82) is 0 Å². The van der Waals surface area contributed by atoms with Crippen molar-refractivity contribution in [3.05, 3.63) is 36.3 Å². The van der Waals surface area contributed by atoms with E-state index in [9.17, 15) is 0 Å². The Morgan fingerprint density at radius 1 is 1.24 bits per heavy atom. The van der Waals surface area contributed by atoms with E-state index in [1.54, 1.807) is 12.4 Å². The van der Waals surface area contributed by atoms with Crippen LogP contribution >= 0.6 is 0 Å². The molecule has 0 aromatic carbocycles. The summed E-state index contributed by atoms with van der Waals surface area (Å²) in [7, 11) is 1.94. The molecule has 5 nitrogen and oxygen atoms in total. The molecule has 0 atom stereocenters. The summed E-state index contributed by atoms with van der Waals surface area (Å²) in [5.41, 5.74) is 2.20. The van der Waals surface area contributed by atoms with Gasteiger partial charge in [-0.3, -0.25) is 4.68 Å². The van der Waals surface area contributed by atoms with Crippen LogP contribution in [0.15, 0.2) is 30.6 Å². The molecule has 0 saturated heterocycles. The van der Waals surface area contributed by atoms with Crippen LogP contribution < -0.4 is 10.6 Å². The maximum Gasteiger partial charge on any atom is 0.127 e. The average Bonchev–Trinajstić information content (AvgIpc) is 2.73. The normalized spacial score (nSPS) is 10.2. The molecule has 0 bridgehead atoms. The molecule has 2 aromatic rings. The smallest absolute Gasteiger partial charge is 0.127 e. The van der Waals surface area contributed by atoms with Crippen LogP contribution in [-0.2, 0) is 13.6 Å². The SMILES string of the molecule is CCNc1cc(NCc2ccnn2C)ccn1. The number of pyridine rings is 1. The van der Waals surface area contributed by atoms with Crippen LogP contribution in [0.4, 0.5) is 11.5 Å². The first-order valence-electron chi connectivity index (χ1n) is 5.70. The van der Waals surface area contributed by atoms with Gasteiger partial charge in [-0.1, -0.05) is 0 Å². The van der Waals surface area contributed by atoms with Gasteiger partial charge in [0.05, 0.1) is 12.2 Å². The van der Waals surface area contributed by atoms with Crippen molar-refractivity contribution in [1.82, 2.24) is 14.8 Å². The number of hydrogen-bond acceptors (Lipinski definition) is 4. The van der Waals surface area contributed by atoms with Gasteiger partial charge in [-0.2, -0.15) is 5.10 Å². The van der Waals surface area contributed by atoms with Crippen LogP contribution in [-0.4, -0.2) is 21.3 Å². The minimum atomic E-state index is 0.756. The Labute approximate surface area is 101 Å². The number of nitrogens with one attached hydrogen (secondary N) is 2. The summed E-state index contributed by atoms with van der Waals surface area (Å²) >= 11 is 0. The minimum absolute atomic E-state index is 0.756. The van der Waals surface area contributed by atoms with E-state index in [0.717, 1.165) is 30.3 Å². The molecular weight excluding hydrogens is 214 g/mol. The molecule has 0 spiro atoms. The minimum Gasteiger partial charge on any atom is -0.379 e. The van der Waals surface area contributed by atoms with E-state index in [2.05, 4.69) is 27.6 Å². The van der Waals surface area contributed by atoms with E-state index >= 15 is 0 Å². The van der Waals surface area contributed by atoms with Crippen LogP contribution in [0.25, 0.3) is 0 Å². The van der Waals surface area contributed by atoms with Gasteiger partial charge in [0.15, 0.2) is 0 Å². The summed E-state index contributed by atoms with van der Waals surface area (Å²) in [5, 5.41) is 10.7. The molecule has 0 aliphatic carbocycles. The lowest BCUT2D eigenvalue weighted by Gasteiger charge is -2.08. The number of rotatable bonds is 5. The first kappa shape index (κ1) is 11.4. The highest BCUT2D eigenvalue weighted by molar-refractivity contribution is 5.51. The third kappa shape index (κ3) is 2.96. The first-order valence-corrected chi connectivity index (χ1v) is 5.70. The summed E-state index contributed by atoms with van der Waals surface area (Å²) in [6, 6.07) is 5.95. The molecule has 5 heteroatoms. The molecule has 0 radical (unpaired) electrons. The molecule has 0 unspecified atom stereocenters. The van der Waals surface area contributed by atoms with Crippen molar-refractivity contribution < 1.29 is 0 Å². The monoisotopic (exact) mass is 231 g/mol.